The van der Waals surface area contributed by atoms with E-state index in [1.54, 1.807) is 11.5 Å². The summed E-state index contributed by atoms with van der Waals surface area (Å²) in [5, 5.41) is 12.6. The first-order valence-electron chi connectivity index (χ1n) is 13.8. The molecule has 0 amide bonds. The lowest BCUT2D eigenvalue weighted by atomic mass is 9.99. The number of benzene rings is 2. The summed E-state index contributed by atoms with van der Waals surface area (Å²) in [5.41, 5.74) is 4.40. The van der Waals surface area contributed by atoms with Gasteiger partial charge in [0, 0.05) is 34.1 Å². The smallest absolute Gasteiger partial charge is 0.338 e. The first-order chi connectivity index (χ1) is 20.5. The van der Waals surface area contributed by atoms with E-state index in [0.717, 1.165) is 33.3 Å². The number of esters is 1. The van der Waals surface area contributed by atoms with Crippen molar-refractivity contribution in [2.24, 2.45) is 4.99 Å². The Kier molecular flexibility index (Phi) is 7.74. The minimum Gasteiger partial charge on any atom is -0.463 e. The van der Waals surface area contributed by atoms with Gasteiger partial charge < -0.3 is 9.30 Å². The number of thiophene rings is 1. The molecule has 5 aromatic rings. The molecular weight excluding hydrogens is 565 g/mol. The van der Waals surface area contributed by atoms with Crippen molar-refractivity contribution in [1.29, 1.82) is 5.26 Å². The van der Waals surface area contributed by atoms with Crippen molar-refractivity contribution in [2.45, 2.75) is 39.3 Å². The SMILES string of the molecule is CCCC1=C(C(=O)OCC)[C@H](c2cccs2)n2c(s/c(=C/c3cn(Cc4ccccc4C#N)c4ccccc34)c2=O)=N1. The van der Waals surface area contributed by atoms with Crippen LogP contribution < -0.4 is 14.9 Å². The molecule has 0 radical (unpaired) electrons. The molecule has 2 aromatic carbocycles. The van der Waals surface area contributed by atoms with Crippen LogP contribution in [0.4, 0.5) is 0 Å². The minimum absolute atomic E-state index is 0.193. The number of fused-ring (bicyclic) bond motifs is 2. The van der Waals surface area contributed by atoms with Gasteiger partial charge in [0.15, 0.2) is 4.80 Å². The minimum atomic E-state index is -0.590. The fourth-order valence-corrected chi connectivity index (χ4v) is 7.28. The summed E-state index contributed by atoms with van der Waals surface area (Å²) in [5.74, 6) is -0.432. The van der Waals surface area contributed by atoms with Crippen molar-refractivity contribution in [2.75, 3.05) is 6.61 Å². The Morgan fingerprint density at radius 2 is 1.93 bits per heavy atom. The maximum atomic E-state index is 14.1. The van der Waals surface area contributed by atoms with Crippen molar-refractivity contribution in [3.63, 3.8) is 0 Å². The Balaban J connectivity index is 1.53. The lowest BCUT2D eigenvalue weighted by molar-refractivity contribution is -0.139. The van der Waals surface area contributed by atoms with Gasteiger partial charge in [-0.1, -0.05) is 67.1 Å². The molecule has 0 aliphatic carbocycles. The number of carbonyl (C=O) groups is 1. The van der Waals surface area contributed by atoms with Crippen molar-refractivity contribution < 1.29 is 9.53 Å². The molecule has 0 spiro atoms. The second kappa shape index (κ2) is 11.8. The first-order valence-corrected chi connectivity index (χ1v) is 15.5. The van der Waals surface area contributed by atoms with Crippen LogP contribution in [0.25, 0.3) is 17.0 Å². The second-order valence-electron chi connectivity index (χ2n) is 9.93. The number of para-hydroxylation sites is 1. The molecule has 7 nitrogen and oxygen atoms in total. The average molecular weight is 593 g/mol. The van der Waals surface area contributed by atoms with Gasteiger partial charge in [-0.15, -0.1) is 11.3 Å². The van der Waals surface area contributed by atoms with Gasteiger partial charge in [0.25, 0.3) is 5.56 Å². The number of thiazole rings is 1. The van der Waals surface area contributed by atoms with Gasteiger partial charge in [-0.25, -0.2) is 9.79 Å². The molecule has 0 saturated heterocycles. The summed E-state index contributed by atoms with van der Waals surface area (Å²) in [6.07, 6.45) is 5.36. The summed E-state index contributed by atoms with van der Waals surface area (Å²) < 4.78 is 9.76. The van der Waals surface area contributed by atoms with E-state index in [0.29, 0.717) is 39.1 Å². The maximum absolute atomic E-state index is 14.1. The third-order valence-corrected chi connectivity index (χ3v) is 9.20. The van der Waals surface area contributed by atoms with Gasteiger partial charge in [0.05, 0.1) is 34.0 Å². The largest absolute Gasteiger partial charge is 0.463 e. The molecule has 6 rings (SSSR count). The molecule has 4 heterocycles. The van der Waals surface area contributed by atoms with E-state index in [4.69, 9.17) is 9.73 Å². The van der Waals surface area contributed by atoms with Crippen LogP contribution in [0.1, 0.15) is 54.3 Å². The van der Waals surface area contributed by atoms with Crippen molar-refractivity contribution >= 4 is 45.6 Å². The van der Waals surface area contributed by atoms with Gasteiger partial charge in [-0.3, -0.25) is 9.36 Å². The molecule has 210 valence electrons. The molecule has 3 aromatic heterocycles. The van der Waals surface area contributed by atoms with E-state index in [9.17, 15) is 14.9 Å². The fourth-order valence-electron chi connectivity index (χ4n) is 5.45. The zero-order valence-electron chi connectivity index (χ0n) is 23.2. The van der Waals surface area contributed by atoms with Crippen LogP contribution in [0.15, 0.2) is 93.3 Å². The van der Waals surface area contributed by atoms with Crippen molar-refractivity contribution in [3.8, 4) is 6.07 Å². The average Bonchev–Trinajstić information content (AvgIpc) is 3.72. The van der Waals surface area contributed by atoms with Gasteiger partial charge in [0.2, 0.25) is 0 Å². The van der Waals surface area contributed by atoms with E-state index in [1.807, 2.05) is 85.2 Å². The van der Waals surface area contributed by atoms with E-state index in [-0.39, 0.29) is 12.2 Å². The highest BCUT2D eigenvalue weighted by Crippen LogP contribution is 2.34. The molecule has 0 N–H and O–H groups in total. The van der Waals surface area contributed by atoms with E-state index in [2.05, 4.69) is 10.6 Å². The zero-order chi connectivity index (χ0) is 29.2. The molecule has 0 fully saturated rings. The topological polar surface area (TPSA) is 89.4 Å². The van der Waals surface area contributed by atoms with Crippen LogP contribution in [0.3, 0.4) is 0 Å². The monoisotopic (exact) mass is 592 g/mol. The number of ether oxygens (including phenoxy) is 1. The highest BCUT2D eigenvalue weighted by molar-refractivity contribution is 7.10. The van der Waals surface area contributed by atoms with E-state index >= 15 is 0 Å². The Bertz CT molecular complexity index is 2060. The molecule has 1 aliphatic heterocycles. The number of allylic oxidation sites excluding steroid dienone is 1. The van der Waals surface area contributed by atoms with E-state index < -0.39 is 12.0 Å². The summed E-state index contributed by atoms with van der Waals surface area (Å²) in [4.78, 5) is 33.7. The Labute approximate surface area is 250 Å². The number of nitriles is 1. The summed E-state index contributed by atoms with van der Waals surface area (Å²) in [7, 11) is 0. The highest BCUT2D eigenvalue weighted by atomic mass is 32.1. The fraction of sp³-hybridized carbons (Fsp3) is 0.212. The van der Waals surface area contributed by atoms with Crippen LogP contribution in [0, 0.1) is 11.3 Å². The van der Waals surface area contributed by atoms with Gasteiger partial charge in [0.1, 0.15) is 6.04 Å². The van der Waals surface area contributed by atoms with Crippen LogP contribution in [-0.4, -0.2) is 21.7 Å². The Hall–Kier alpha value is -4.52. The third-order valence-electron chi connectivity index (χ3n) is 7.29. The van der Waals surface area contributed by atoms with Crippen molar-refractivity contribution in [3.05, 3.63) is 125 Å². The summed E-state index contributed by atoms with van der Waals surface area (Å²) in [6, 6.07) is 21.2. The van der Waals surface area contributed by atoms with Crippen LogP contribution in [0.5, 0.6) is 0 Å². The molecule has 0 saturated carbocycles. The van der Waals surface area contributed by atoms with Crippen LogP contribution >= 0.6 is 22.7 Å². The normalized spacial score (nSPS) is 15.0. The predicted molar refractivity (Wildman–Crippen MR) is 166 cm³/mol. The Morgan fingerprint density at radius 3 is 2.69 bits per heavy atom. The van der Waals surface area contributed by atoms with Gasteiger partial charge in [-0.2, -0.15) is 5.26 Å². The quantitative estimate of drug-likeness (QED) is 0.222. The molecule has 42 heavy (non-hydrogen) atoms. The van der Waals surface area contributed by atoms with Crippen LogP contribution in [0.2, 0.25) is 0 Å². The molecule has 0 unspecified atom stereocenters. The van der Waals surface area contributed by atoms with Gasteiger partial charge in [-0.05, 0) is 48.6 Å². The number of carbonyl (C=O) groups excluding carboxylic acids is 1. The molecule has 1 atom stereocenters. The second-order valence-corrected chi connectivity index (χ2v) is 11.9. The number of hydrogen-bond donors (Lipinski definition) is 0. The lowest BCUT2D eigenvalue weighted by Gasteiger charge is -2.24. The van der Waals surface area contributed by atoms with Crippen molar-refractivity contribution in [1.82, 2.24) is 9.13 Å². The number of rotatable bonds is 8. The Morgan fingerprint density at radius 1 is 1.12 bits per heavy atom. The number of nitrogens with zero attached hydrogens (tertiary/aromatic N) is 4. The maximum Gasteiger partial charge on any atom is 0.338 e. The molecule has 9 heteroatoms. The number of aromatic nitrogens is 2. The summed E-state index contributed by atoms with van der Waals surface area (Å²) in [6.45, 7) is 4.60. The standard InChI is InChI=1S/C33H28N4O3S2/c1-3-10-25-29(32(39)40-4-2)30(27-15-9-16-41-27)37-31(38)28(42-33(37)35-25)17-23-20-36(26-14-8-7-13-24(23)26)19-22-12-6-5-11-21(22)18-34/h5-9,11-17,20,30H,3-4,10,19H2,1-2H3/b28-17+/t30-/m0/s1. The highest BCUT2D eigenvalue weighted by Gasteiger charge is 2.34. The van der Waals surface area contributed by atoms with Gasteiger partial charge >= 0.3 is 5.97 Å². The van der Waals surface area contributed by atoms with Crippen LogP contribution in [-0.2, 0) is 16.1 Å². The lowest BCUT2D eigenvalue weighted by Crippen LogP contribution is -2.39. The first kappa shape index (κ1) is 27.6. The predicted octanol–water partition coefficient (Wildman–Crippen LogP) is 5.51. The zero-order valence-corrected chi connectivity index (χ0v) is 24.9. The third kappa shape index (κ3) is 4.93. The molecular formula is C33H28N4O3S2. The molecule has 1 aliphatic rings. The summed E-state index contributed by atoms with van der Waals surface area (Å²) >= 11 is 2.84. The van der Waals surface area contributed by atoms with E-state index in [1.165, 1.54) is 22.7 Å². The molecule has 0 bridgehead atoms. The number of hydrogen-bond acceptors (Lipinski definition) is 7.